The first-order chi connectivity index (χ1) is 14.1. The van der Waals surface area contributed by atoms with Crippen LogP contribution in [0.1, 0.15) is 57.4 Å². The van der Waals surface area contributed by atoms with Gasteiger partial charge in [0.2, 0.25) is 5.91 Å². The standard InChI is InChI=1S/C23H30N2O4/c1-3-18(26)25-17-7-9-21-8-4-12-24-13-10-22(17,23(21,24)29-14-11-21)15-5-6-16(28-2)20(27)19(15)25/h5-6,17,27H,3-4,7-14H2,1-2H3/t17-,21+,22+,23-/m0/s1. The summed E-state index contributed by atoms with van der Waals surface area (Å²) in [6.07, 6.45) is 7.01. The molecule has 29 heavy (non-hydrogen) atoms. The molecule has 156 valence electrons. The van der Waals surface area contributed by atoms with E-state index in [1.165, 1.54) is 12.8 Å². The average molecular weight is 399 g/mol. The Morgan fingerprint density at radius 3 is 2.93 bits per heavy atom. The van der Waals surface area contributed by atoms with Crippen molar-refractivity contribution in [2.45, 2.75) is 69.1 Å². The molecule has 3 saturated heterocycles. The molecule has 1 saturated carbocycles. The number of aromatic hydroxyl groups is 1. The second-order valence-corrected chi connectivity index (χ2v) is 9.52. The van der Waals surface area contributed by atoms with E-state index in [0.29, 0.717) is 17.9 Å². The summed E-state index contributed by atoms with van der Waals surface area (Å²) in [6, 6.07) is 4.01. The van der Waals surface area contributed by atoms with E-state index in [-0.39, 0.29) is 34.3 Å². The van der Waals surface area contributed by atoms with E-state index in [9.17, 15) is 9.90 Å². The molecule has 6 heteroatoms. The Morgan fingerprint density at radius 2 is 2.14 bits per heavy atom. The van der Waals surface area contributed by atoms with Crippen molar-refractivity contribution in [3.63, 3.8) is 0 Å². The Labute approximate surface area is 171 Å². The molecular formula is C23H30N2O4. The fraction of sp³-hybridized carbons (Fsp3) is 0.696. The lowest BCUT2D eigenvalue weighted by Gasteiger charge is -2.62. The first-order valence-corrected chi connectivity index (χ1v) is 11.2. The lowest BCUT2D eigenvalue weighted by atomic mass is 9.50. The van der Waals surface area contributed by atoms with Crippen molar-refractivity contribution in [1.82, 2.24) is 4.90 Å². The maximum absolute atomic E-state index is 13.2. The van der Waals surface area contributed by atoms with Gasteiger partial charge in [0.1, 0.15) is 5.72 Å². The Bertz CT molecular complexity index is 903. The van der Waals surface area contributed by atoms with E-state index in [4.69, 9.17) is 9.47 Å². The van der Waals surface area contributed by atoms with Crippen molar-refractivity contribution in [3.05, 3.63) is 17.7 Å². The normalized spacial score (nSPS) is 39.7. The molecule has 0 bridgehead atoms. The zero-order valence-corrected chi connectivity index (χ0v) is 17.4. The number of methoxy groups -OCH3 is 1. The number of hydrogen-bond donors (Lipinski definition) is 1. The number of phenols is 1. The van der Waals surface area contributed by atoms with Gasteiger partial charge in [0.25, 0.3) is 0 Å². The molecule has 0 unspecified atom stereocenters. The predicted molar refractivity (Wildman–Crippen MR) is 108 cm³/mol. The highest BCUT2D eigenvalue weighted by Crippen LogP contribution is 2.74. The lowest BCUT2D eigenvalue weighted by Crippen LogP contribution is -2.73. The first kappa shape index (κ1) is 18.0. The first-order valence-electron chi connectivity index (χ1n) is 11.2. The molecular weight excluding hydrogens is 368 g/mol. The van der Waals surface area contributed by atoms with Gasteiger partial charge < -0.3 is 19.5 Å². The third kappa shape index (κ3) is 1.73. The maximum Gasteiger partial charge on any atom is 0.227 e. The SMILES string of the molecule is CCC(=O)N1c2c(ccc(OC)c2O)[C@@]23CCN4CCC[C@]5(CCO[C@@]452)CC[C@H]13. The van der Waals surface area contributed by atoms with Crippen molar-refractivity contribution in [2.24, 2.45) is 5.41 Å². The van der Waals surface area contributed by atoms with Crippen LogP contribution in [0.3, 0.4) is 0 Å². The minimum Gasteiger partial charge on any atom is -0.503 e. The Kier molecular flexibility index (Phi) is 3.52. The van der Waals surface area contributed by atoms with Crippen LogP contribution in [-0.4, -0.2) is 54.5 Å². The number of hydrogen-bond acceptors (Lipinski definition) is 5. The summed E-state index contributed by atoms with van der Waals surface area (Å²) < 4.78 is 12.2. The highest BCUT2D eigenvalue weighted by molar-refractivity contribution is 6.00. The van der Waals surface area contributed by atoms with Gasteiger partial charge in [0, 0.05) is 31.5 Å². The second-order valence-electron chi connectivity index (χ2n) is 9.52. The number of fused-ring (bicyclic) bond motifs is 1. The van der Waals surface area contributed by atoms with Gasteiger partial charge >= 0.3 is 0 Å². The van der Waals surface area contributed by atoms with E-state index in [1.807, 2.05) is 17.9 Å². The molecule has 5 aliphatic rings. The minimum atomic E-state index is -0.348. The summed E-state index contributed by atoms with van der Waals surface area (Å²) in [5, 5.41) is 11.2. The molecule has 6 rings (SSSR count). The van der Waals surface area contributed by atoms with Crippen LogP contribution in [0.15, 0.2) is 12.1 Å². The smallest absolute Gasteiger partial charge is 0.227 e. The second kappa shape index (κ2) is 5.67. The Hall–Kier alpha value is -1.79. The number of carbonyl (C=O) groups excluding carboxylic acids is 1. The molecule has 4 aliphatic heterocycles. The predicted octanol–water partition coefficient (Wildman–Crippen LogP) is 3.16. The molecule has 4 atom stereocenters. The molecule has 0 radical (unpaired) electrons. The molecule has 6 nitrogen and oxygen atoms in total. The molecule has 1 aromatic rings. The highest BCUT2D eigenvalue weighted by Gasteiger charge is 2.80. The van der Waals surface area contributed by atoms with Gasteiger partial charge in [-0.25, -0.2) is 0 Å². The van der Waals surface area contributed by atoms with Crippen LogP contribution in [0.25, 0.3) is 0 Å². The van der Waals surface area contributed by atoms with E-state index in [2.05, 4.69) is 11.0 Å². The van der Waals surface area contributed by atoms with Crippen LogP contribution < -0.4 is 9.64 Å². The van der Waals surface area contributed by atoms with Gasteiger partial charge in [-0.2, -0.15) is 0 Å². The van der Waals surface area contributed by atoms with Crippen LogP contribution >= 0.6 is 0 Å². The van der Waals surface area contributed by atoms with E-state index >= 15 is 0 Å². The summed E-state index contributed by atoms with van der Waals surface area (Å²) in [7, 11) is 1.57. The maximum atomic E-state index is 13.2. The van der Waals surface area contributed by atoms with Crippen molar-refractivity contribution >= 4 is 11.6 Å². The summed E-state index contributed by atoms with van der Waals surface area (Å²) in [5.74, 6) is 0.611. The number of amides is 1. The zero-order chi connectivity index (χ0) is 20.0. The Morgan fingerprint density at radius 1 is 1.28 bits per heavy atom. The van der Waals surface area contributed by atoms with Crippen LogP contribution in [0.4, 0.5) is 5.69 Å². The minimum absolute atomic E-state index is 0.0391. The third-order valence-corrected chi connectivity index (χ3v) is 8.92. The topological polar surface area (TPSA) is 62.2 Å². The van der Waals surface area contributed by atoms with Crippen LogP contribution in [0, 0.1) is 5.41 Å². The molecule has 1 aliphatic carbocycles. The summed E-state index contributed by atoms with van der Waals surface area (Å²) in [4.78, 5) is 17.7. The fourth-order valence-corrected chi connectivity index (χ4v) is 8.11. The summed E-state index contributed by atoms with van der Waals surface area (Å²) in [5.41, 5.74) is 1.31. The van der Waals surface area contributed by atoms with Gasteiger partial charge in [-0.1, -0.05) is 13.0 Å². The molecule has 4 fully saturated rings. The molecule has 0 aromatic heterocycles. The van der Waals surface area contributed by atoms with E-state index < -0.39 is 0 Å². The number of ether oxygens (including phenoxy) is 2. The number of benzene rings is 1. The van der Waals surface area contributed by atoms with Crippen LogP contribution in [-0.2, 0) is 14.9 Å². The lowest BCUT2D eigenvalue weighted by molar-refractivity contribution is -0.232. The summed E-state index contributed by atoms with van der Waals surface area (Å²) >= 11 is 0. The van der Waals surface area contributed by atoms with Gasteiger partial charge in [-0.15, -0.1) is 0 Å². The van der Waals surface area contributed by atoms with Crippen molar-refractivity contribution in [1.29, 1.82) is 0 Å². The van der Waals surface area contributed by atoms with Crippen molar-refractivity contribution in [2.75, 3.05) is 31.7 Å². The molecule has 1 N–H and O–H groups in total. The number of phenolic OH excluding ortho intramolecular Hbond substituents is 1. The number of anilines is 1. The van der Waals surface area contributed by atoms with Gasteiger partial charge in [-0.05, 0) is 50.2 Å². The van der Waals surface area contributed by atoms with Crippen LogP contribution in [0.5, 0.6) is 11.5 Å². The zero-order valence-electron chi connectivity index (χ0n) is 17.4. The average Bonchev–Trinajstić information content (AvgIpc) is 3.38. The van der Waals surface area contributed by atoms with Gasteiger partial charge in [0.05, 0.1) is 24.3 Å². The molecule has 4 heterocycles. The Balaban J connectivity index is 1.66. The number of rotatable bonds is 2. The number of carbonyl (C=O) groups is 1. The number of piperidine rings is 1. The van der Waals surface area contributed by atoms with Gasteiger partial charge in [-0.3, -0.25) is 9.69 Å². The summed E-state index contributed by atoms with van der Waals surface area (Å²) in [6.45, 7) is 4.77. The molecule has 1 amide bonds. The monoisotopic (exact) mass is 398 g/mol. The largest absolute Gasteiger partial charge is 0.503 e. The third-order valence-electron chi connectivity index (χ3n) is 8.92. The quantitative estimate of drug-likeness (QED) is 0.829. The van der Waals surface area contributed by atoms with Crippen molar-refractivity contribution < 1.29 is 19.4 Å². The van der Waals surface area contributed by atoms with Crippen LogP contribution in [0.2, 0.25) is 0 Å². The fourth-order valence-electron chi connectivity index (χ4n) is 8.11. The van der Waals surface area contributed by atoms with Gasteiger partial charge in [0.15, 0.2) is 11.5 Å². The number of nitrogens with zero attached hydrogens (tertiary/aromatic N) is 2. The molecule has 1 aromatic carbocycles. The molecule has 2 spiro atoms. The van der Waals surface area contributed by atoms with Crippen molar-refractivity contribution in [3.8, 4) is 11.5 Å². The van der Waals surface area contributed by atoms with E-state index in [0.717, 1.165) is 50.9 Å². The van der Waals surface area contributed by atoms with E-state index in [1.54, 1.807) is 7.11 Å². The highest BCUT2D eigenvalue weighted by atomic mass is 16.5.